The Hall–Kier alpha value is -0.830. The van der Waals surface area contributed by atoms with Crippen LogP contribution in [0.2, 0.25) is 0 Å². The first-order valence-electron chi connectivity index (χ1n) is 18.8. The minimum absolute atomic E-state index is 0.0444. The van der Waals surface area contributed by atoms with Crippen LogP contribution in [0.3, 0.4) is 0 Å². The summed E-state index contributed by atoms with van der Waals surface area (Å²) in [6, 6.07) is 0. The van der Waals surface area contributed by atoms with Crippen LogP contribution in [0.1, 0.15) is 189 Å². The number of hydrogen-bond donors (Lipinski definition) is 0. The summed E-state index contributed by atoms with van der Waals surface area (Å²) >= 11 is 0. The molecule has 0 radical (unpaired) electrons. The van der Waals surface area contributed by atoms with Gasteiger partial charge < -0.3 is 9.64 Å². The van der Waals surface area contributed by atoms with Crippen LogP contribution in [0, 0.1) is 17.8 Å². The van der Waals surface area contributed by atoms with Crippen LogP contribution >= 0.6 is 0 Å². The largest absolute Gasteiger partial charge is 0.462 e. The standard InChI is InChI=1S/C39H77NO2/c1-8-10-12-14-16-18-20-22-29-37(30-23-21-19-17-15-13-11-9-2)38(33-32-36(5)28-26-27-35(3)4)42-39(41)31-24-25-34-40(6)7/h16,18,35-38H,8-15,17,19-34H2,1-7H3/b18-16-. The maximum Gasteiger partial charge on any atom is 0.306 e. The Balaban J connectivity index is 5.16. The molecule has 0 amide bonds. The monoisotopic (exact) mass is 592 g/mol. The normalized spacial score (nSPS) is 14.2. The number of esters is 1. The molecule has 3 atom stereocenters. The first-order chi connectivity index (χ1) is 20.3. The molecule has 0 aliphatic rings. The van der Waals surface area contributed by atoms with Gasteiger partial charge in [0.15, 0.2) is 0 Å². The van der Waals surface area contributed by atoms with Crippen LogP contribution in [-0.4, -0.2) is 37.6 Å². The zero-order chi connectivity index (χ0) is 31.3. The second-order valence-electron chi connectivity index (χ2n) is 14.2. The lowest BCUT2D eigenvalue weighted by molar-refractivity contribution is -0.153. The maximum absolute atomic E-state index is 13.1. The third-order valence-corrected chi connectivity index (χ3v) is 8.98. The molecular formula is C39H77NO2. The molecule has 0 fully saturated rings. The number of allylic oxidation sites excluding steroid dienone is 2. The summed E-state index contributed by atoms with van der Waals surface area (Å²) in [5.74, 6) is 2.05. The van der Waals surface area contributed by atoms with E-state index >= 15 is 0 Å². The number of carbonyl (C=O) groups is 1. The van der Waals surface area contributed by atoms with Crippen LogP contribution < -0.4 is 0 Å². The van der Waals surface area contributed by atoms with Crippen molar-refractivity contribution >= 4 is 5.97 Å². The van der Waals surface area contributed by atoms with Gasteiger partial charge >= 0.3 is 5.97 Å². The third-order valence-electron chi connectivity index (χ3n) is 8.98. The predicted molar refractivity (Wildman–Crippen MR) is 187 cm³/mol. The van der Waals surface area contributed by atoms with Crippen LogP contribution in [0.25, 0.3) is 0 Å². The molecule has 0 aliphatic carbocycles. The van der Waals surface area contributed by atoms with Gasteiger partial charge in [0.05, 0.1) is 0 Å². The summed E-state index contributed by atoms with van der Waals surface area (Å²) in [4.78, 5) is 15.3. The van der Waals surface area contributed by atoms with Gasteiger partial charge in [-0.2, -0.15) is 0 Å². The Bertz CT molecular complexity index is 599. The number of unbranched alkanes of at least 4 members (excludes halogenated alkanes) is 12. The number of rotatable bonds is 31. The number of hydrogen-bond acceptors (Lipinski definition) is 3. The highest BCUT2D eigenvalue weighted by Crippen LogP contribution is 2.29. The molecule has 250 valence electrons. The van der Waals surface area contributed by atoms with Crippen molar-refractivity contribution in [3.05, 3.63) is 12.2 Å². The Morgan fingerprint density at radius 1 is 0.619 bits per heavy atom. The van der Waals surface area contributed by atoms with Gasteiger partial charge in [0.25, 0.3) is 0 Å². The molecule has 0 N–H and O–H groups in total. The van der Waals surface area contributed by atoms with Crippen LogP contribution in [-0.2, 0) is 9.53 Å². The molecule has 0 spiro atoms. The van der Waals surface area contributed by atoms with Gasteiger partial charge in [0.2, 0.25) is 0 Å². The zero-order valence-corrected chi connectivity index (χ0v) is 29.9. The molecule has 3 heteroatoms. The zero-order valence-electron chi connectivity index (χ0n) is 29.9. The molecule has 42 heavy (non-hydrogen) atoms. The van der Waals surface area contributed by atoms with Gasteiger partial charge in [-0.1, -0.05) is 130 Å². The Morgan fingerprint density at radius 3 is 1.86 bits per heavy atom. The minimum Gasteiger partial charge on any atom is -0.462 e. The van der Waals surface area contributed by atoms with E-state index in [-0.39, 0.29) is 12.1 Å². The van der Waals surface area contributed by atoms with Gasteiger partial charge in [0, 0.05) is 6.42 Å². The molecule has 3 unspecified atom stereocenters. The SMILES string of the molecule is CCCCC/C=C\CCCC(CCCCCCCCCC)C(CCC(C)CCCC(C)C)OC(=O)CCCCN(C)C. The molecule has 0 saturated carbocycles. The van der Waals surface area contributed by atoms with Gasteiger partial charge in [-0.25, -0.2) is 0 Å². The summed E-state index contributed by atoms with van der Waals surface area (Å²) in [5.41, 5.74) is 0. The second-order valence-corrected chi connectivity index (χ2v) is 14.2. The maximum atomic E-state index is 13.1. The fraction of sp³-hybridized carbons (Fsp3) is 0.923. The van der Waals surface area contributed by atoms with Crippen molar-refractivity contribution in [1.29, 1.82) is 0 Å². The lowest BCUT2D eigenvalue weighted by Gasteiger charge is -2.29. The highest BCUT2D eigenvalue weighted by molar-refractivity contribution is 5.69. The average molecular weight is 592 g/mol. The summed E-state index contributed by atoms with van der Waals surface area (Å²) in [6.07, 6.45) is 34.4. The summed E-state index contributed by atoms with van der Waals surface area (Å²) in [6.45, 7) is 12.7. The third kappa shape index (κ3) is 28.0. The molecule has 3 nitrogen and oxygen atoms in total. The molecule has 0 aromatic rings. The summed E-state index contributed by atoms with van der Waals surface area (Å²) in [7, 11) is 4.21. The highest BCUT2D eigenvalue weighted by Gasteiger charge is 2.25. The van der Waals surface area contributed by atoms with Crippen molar-refractivity contribution in [1.82, 2.24) is 4.90 Å². The predicted octanol–water partition coefficient (Wildman–Crippen LogP) is 12.3. The number of nitrogens with zero attached hydrogens (tertiary/aromatic N) is 1. The van der Waals surface area contributed by atoms with E-state index in [9.17, 15) is 4.79 Å². The van der Waals surface area contributed by atoms with E-state index in [1.54, 1.807) is 0 Å². The smallest absolute Gasteiger partial charge is 0.306 e. The van der Waals surface area contributed by atoms with E-state index in [2.05, 4.69) is 65.8 Å². The quantitative estimate of drug-likeness (QED) is 0.0456. The van der Waals surface area contributed by atoms with Gasteiger partial charge in [-0.05, 0) is 103 Å². The van der Waals surface area contributed by atoms with Crippen molar-refractivity contribution in [3.8, 4) is 0 Å². The molecule has 0 bridgehead atoms. The van der Waals surface area contributed by atoms with Gasteiger partial charge in [-0.15, -0.1) is 0 Å². The van der Waals surface area contributed by atoms with Crippen molar-refractivity contribution in [2.45, 2.75) is 195 Å². The van der Waals surface area contributed by atoms with E-state index in [4.69, 9.17) is 4.74 Å². The van der Waals surface area contributed by atoms with Crippen molar-refractivity contribution in [2.24, 2.45) is 17.8 Å². The lowest BCUT2D eigenvalue weighted by atomic mass is 9.85. The molecular weight excluding hydrogens is 514 g/mol. The Labute approximate surface area is 265 Å². The molecule has 0 aromatic heterocycles. The van der Waals surface area contributed by atoms with Crippen LogP contribution in [0.15, 0.2) is 12.2 Å². The average Bonchev–Trinajstić information content (AvgIpc) is 2.94. The topological polar surface area (TPSA) is 29.5 Å². The fourth-order valence-corrected chi connectivity index (χ4v) is 6.09. The Morgan fingerprint density at radius 2 is 1.21 bits per heavy atom. The Kier molecular flexibility index (Phi) is 29.6. The molecule has 0 heterocycles. The van der Waals surface area contributed by atoms with Gasteiger partial charge in [0.1, 0.15) is 6.10 Å². The van der Waals surface area contributed by atoms with E-state index in [0.29, 0.717) is 18.3 Å². The molecule has 0 aliphatic heterocycles. The minimum atomic E-state index is 0.0444. The van der Waals surface area contributed by atoms with Crippen molar-refractivity contribution < 1.29 is 9.53 Å². The van der Waals surface area contributed by atoms with E-state index in [1.165, 1.54) is 122 Å². The molecule has 0 saturated heterocycles. The van der Waals surface area contributed by atoms with E-state index in [0.717, 1.165) is 38.1 Å². The lowest BCUT2D eigenvalue weighted by Crippen LogP contribution is -2.28. The first kappa shape index (κ1) is 41.2. The number of carbonyl (C=O) groups excluding carboxylic acids is 1. The van der Waals surface area contributed by atoms with E-state index in [1.807, 2.05) is 0 Å². The fourth-order valence-electron chi connectivity index (χ4n) is 6.09. The molecule has 0 aromatic carbocycles. The van der Waals surface area contributed by atoms with Gasteiger partial charge in [-0.3, -0.25) is 4.79 Å². The summed E-state index contributed by atoms with van der Waals surface area (Å²) < 4.78 is 6.39. The van der Waals surface area contributed by atoms with Crippen molar-refractivity contribution in [2.75, 3.05) is 20.6 Å². The van der Waals surface area contributed by atoms with E-state index < -0.39 is 0 Å². The first-order valence-corrected chi connectivity index (χ1v) is 18.8. The van der Waals surface area contributed by atoms with Crippen LogP contribution in [0.4, 0.5) is 0 Å². The summed E-state index contributed by atoms with van der Waals surface area (Å²) in [5, 5.41) is 0. The second kappa shape index (κ2) is 30.2. The van der Waals surface area contributed by atoms with Crippen LogP contribution in [0.5, 0.6) is 0 Å². The van der Waals surface area contributed by atoms with Crippen molar-refractivity contribution in [3.63, 3.8) is 0 Å². The number of ether oxygens (including phenoxy) is 1. The molecule has 0 rings (SSSR count). The highest BCUT2D eigenvalue weighted by atomic mass is 16.5.